The second-order valence-corrected chi connectivity index (χ2v) is 3.00. The number of carbonyl (C=O) groups is 1. The average Bonchev–Trinajstić information content (AvgIpc) is 2.27. The lowest BCUT2D eigenvalue weighted by Crippen LogP contribution is -2.01. The van der Waals surface area contributed by atoms with Gasteiger partial charge in [0.05, 0.1) is 19.8 Å². The van der Waals surface area contributed by atoms with Gasteiger partial charge < -0.3 is 14.6 Å². The number of ether oxygens (including phenoxy) is 2. The lowest BCUT2D eigenvalue weighted by Gasteiger charge is -2.10. The molecule has 0 saturated carbocycles. The monoisotopic (exact) mass is 210 g/mol. The maximum Gasteiger partial charge on any atom is 0.166 e. The van der Waals surface area contributed by atoms with Gasteiger partial charge in [-0.2, -0.15) is 0 Å². The van der Waals surface area contributed by atoms with Gasteiger partial charge in [0, 0.05) is 12.5 Å². The fraction of sp³-hybridized carbons (Fsp3) is 0.364. The van der Waals surface area contributed by atoms with Crippen molar-refractivity contribution in [2.45, 2.75) is 13.3 Å². The van der Waals surface area contributed by atoms with Gasteiger partial charge in [-0.3, -0.25) is 4.79 Å². The van der Waals surface area contributed by atoms with Gasteiger partial charge in [0.2, 0.25) is 0 Å². The fourth-order valence-electron chi connectivity index (χ4n) is 1.29. The van der Waals surface area contributed by atoms with E-state index in [-0.39, 0.29) is 17.3 Å². The summed E-state index contributed by atoms with van der Waals surface area (Å²) in [7, 11) is 2.88. The smallest absolute Gasteiger partial charge is 0.166 e. The van der Waals surface area contributed by atoms with Gasteiger partial charge in [0.15, 0.2) is 17.3 Å². The van der Waals surface area contributed by atoms with Gasteiger partial charge >= 0.3 is 0 Å². The van der Waals surface area contributed by atoms with Gasteiger partial charge in [-0.25, -0.2) is 0 Å². The van der Waals surface area contributed by atoms with Crippen molar-refractivity contribution < 1.29 is 19.4 Å². The minimum absolute atomic E-state index is 0.0398. The van der Waals surface area contributed by atoms with Crippen molar-refractivity contribution in [3.8, 4) is 17.2 Å². The zero-order chi connectivity index (χ0) is 11.4. The van der Waals surface area contributed by atoms with Crippen molar-refractivity contribution in [3.05, 3.63) is 17.7 Å². The Bertz CT molecular complexity index is 371. The Labute approximate surface area is 88.4 Å². The van der Waals surface area contributed by atoms with E-state index in [2.05, 4.69) is 0 Å². The molecule has 1 N–H and O–H groups in total. The number of phenols is 1. The first kappa shape index (κ1) is 11.4. The second kappa shape index (κ2) is 4.68. The zero-order valence-corrected chi connectivity index (χ0v) is 9.03. The second-order valence-electron chi connectivity index (χ2n) is 3.00. The first-order valence-corrected chi connectivity index (χ1v) is 4.62. The fourth-order valence-corrected chi connectivity index (χ4v) is 1.29. The molecule has 0 aliphatic rings. The van der Waals surface area contributed by atoms with Crippen molar-refractivity contribution in [1.29, 1.82) is 0 Å². The van der Waals surface area contributed by atoms with E-state index in [4.69, 9.17) is 9.47 Å². The van der Waals surface area contributed by atoms with Crippen LogP contribution in [-0.4, -0.2) is 25.1 Å². The summed E-state index contributed by atoms with van der Waals surface area (Å²) in [5.74, 6) is 0.542. The molecule has 1 aromatic carbocycles. The number of methoxy groups -OCH3 is 2. The highest BCUT2D eigenvalue weighted by molar-refractivity contribution is 5.99. The maximum absolute atomic E-state index is 11.6. The van der Waals surface area contributed by atoms with Gasteiger partial charge in [-0.15, -0.1) is 0 Å². The molecule has 82 valence electrons. The molecule has 0 radical (unpaired) electrons. The highest BCUT2D eigenvalue weighted by Crippen LogP contribution is 2.34. The minimum atomic E-state index is -0.0508. The molecule has 0 aliphatic heterocycles. The molecule has 15 heavy (non-hydrogen) atoms. The minimum Gasteiger partial charge on any atom is -0.504 e. The number of rotatable bonds is 4. The molecule has 0 atom stereocenters. The molecule has 4 nitrogen and oxygen atoms in total. The Morgan fingerprint density at radius 2 is 1.87 bits per heavy atom. The van der Waals surface area contributed by atoms with Crippen molar-refractivity contribution in [3.63, 3.8) is 0 Å². The molecule has 0 saturated heterocycles. The van der Waals surface area contributed by atoms with Gasteiger partial charge in [-0.1, -0.05) is 6.92 Å². The third kappa shape index (κ3) is 2.21. The maximum atomic E-state index is 11.6. The summed E-state index contributed by atoms with van der Waals surface area (Å²) in [6.45, 7) is 1.76. The van der Waals surface area contributed by atoms with Crippen LogP contribution in [0.25, 0.3) is 0 Å². The van der Waals surface area contributed by atoms with Crippen molar-refractivity contribution in [2.24, 2.45) is 0 Å². The van der Waals surface area contributed by atoms with E-state index in [1.807, 2.05) is 0 Å². The molecule has 4 heteroatoms. The molecular weight excluding hydrogens is 196 g/mol. The van der Waals surface area contributed by atoms with E-state index in [0.29, 0.717) is 17.7 Å². The van der Waals surface area contributed by atoms with E-state index < -0.39 is 0 Å². The number of Topliss-reactive ketones (excluding diaryl/α,β-unsaturated/α-hetero) is 1. The largest absolute Gasteiger partial charge is 0.504 e. The number of phenolic OH excluding ortho intramolecular Hbond substituents is 1. The lowest BCUT2D eigenvalue weighted by molar-refractivity contribution is 0.0985. The molecule has 1 rings (SSSR count). The van der Waals surface area contributed by atoms with Crippen LogP contribution in [0.5, 0.6) is 17.2 Å². The summed E-state index contributed by atoms with van der Waals surface area (Å²) >= 11 is 0. The lowest BCUT2D eigenvalue weighted by atomic mass is 10.1. The molecule has 0 aliphatic carbocycles. The summed E-state index contributed by atoms with van der Waals surface area (Å²) in [5, 5.41) is 9.49. The number of aromatic hydroxyl groups is 1. The molecule has 0 amide bonds. The van der Waals surface area contributed by atoms with Crippen molar-refractivity contribution in [1.82, 2.24) is 0 Å². The van der Waals surface area contributed by atoms with Crippen LogP contribution in [-0.2, 0) is 0 Å². The van der Waals surface area contributed by atoms with E-state index in [1.165, 1.54) is 26.4 Å². The van der Waals surface area contributed by atoms with E-state index in [0.717, 1.165) is 0 Å². The van der Waals surface area contributed by atoms with E-state index in [1.54, 1.807) is 6.92 Å². The molecule has 0 unspecified atom stereocenters. The third-order valence-electron chi connectivity index (χ3n) is 2.12. The third-order valence-corrected chi connectivity index (χ3v) is 2.12. The summed E-state index contributed by atoms with van der Waals surface area (Å²) in [5.41, 5.74) is 0.426. The summed E-state index contributed by atoms with van der Waals surface area (Å²) < 4.78 is 9.93. The van der Waals surface area contributed by atoms with E-state index >= 15 is 0 Å². The highest BCUT2D eigenvalue weighted by atomic mass is 16.5. The van der Waals surface area contributed by atoms with Crippen LogP contribution in [0.2, 0.25) is 0 Å². The number of carbonyl (C=O) groups excluding carboxylic acids is 1. The highest BCUT2D eigenvalue weighted by Gasteiger charge is 2.15. The Morgan fingerprint density at radius 3 is 2.33 bits per heavy atom. The van der Waals surface area contributed by atoms with Crippen LogP contribution >= 0.6 is 0 Å². The van der Waals surface area contributed by atoms with Crippen LogP contribution in [0, 0.1) is 0 Å². The first-order valence-electron chi connectivity index (χ1n) is 4.62. The first-order chi connectivity index (χ1) is 7.13. The number of ketones is 1. The van der Waals surface area contributed by atoms with Crippen LogP contribution in [0.1, 0.15) is 23.7 Å². The summed E-state index contributed by atoms with van der Waals surface area (Å²) in [6.07, 6.45) is 0.379. The Balaban J connectivity index is 3.28. The molecule has 0 heterocycles. The standard InChI is InChI=1S/C11H14O4/c1-4-8(12)7-5-11(15-3)9(13)6-10(7)14-2/h5-6,13H,4H2,1-3H3. The topological polar surface area (TPSA) is 55.8 Å². The van der Waals surface area contributed by atoms with Gasteiger partial charge in [-0.05, 0) is 6.07 Å². The zero-order valence-electron chi connectivity index (χ0n) is 9.03. The molecule has 0 fully saturated rings. The molecule has 1 aromatic rings. The Hall–Kier alpha value is -1.71. The SMILES string of the molecule is CCC(=O)c1cc(OC)c(O)cc1OC. The van der Waals surface area contributed by atoms with Gasteiger partial charge in [0.25, 0.3) is 0 Å². The predicted molar refractivity (Wildman–Crippen MR) is 55.8 cm³/mol. The summed E-state index contributed by atoms with van der Waals surface area (Å²) in [4.78, 5) is 11.6. The van der Waals surface area contributed by atoms with Crippen LogP contribution in [0.3, 0.4) is 0 Å². The number of hydrogen-bond donors (Lipinski definition) is 1. The molecular formula is C11H14O4. The number of hydrogen-bond acceptors (Lipinski definition) is 4. The Kier molecular flexibility index (Phi) is 3.55. The van der Waals surface area contributed by atoms with Crippen molar-refractivity contribution >= 4 is 5.78 Å². The normalized spacial score (nSPS) is 9.80. The van der Waals surface area contributed by atoms with Crippen LogP contribution in [0.4, 0.5) is 0 Å². The quantitative estimate of drug-likeness (QED) is 0.772. The molecule has 0 aromatic heterocycles. The van der Waals surface area contributed by atoms with Crippen LogP contribution < -0.4 is 9.47 Å². The average molecular weight is 210 g/mol. The Morgan fingerprint density at radius 1 is 1.27 bits per heavy atom. The van der Waals surface area contributed by atoms with Crippen molar-refractivity contribution in [2.75, 3.05) is 14.2 Å². The number of benzene rings is 1. The predicted octanol–water partition coefficient (Wildman–Crippen LogP) is 2.00. The van der Waals surface area contributed by atoms with Gasteiger partial charge in [0.1, 0.15) is 5.75 Å². The summed E-state index contributed by atoms with van der Waals surface area (Å²) in [6, 6.07) is 2.86. The van der Waals surface area contributed by atoms with E-state index in [9.17, 15) is 9.90 Å². The molecule has 0 bridgehead atoms. The molecule has 0 spiro atoms. The van der Waals surface area contributed by atoms with Crippen LogP contribution in [0.15, 0.2) is 12.1 Å².